The number of methoxy groups -OCH3 is 2. The first-order valence-electron chi connectivity index (χ1n) is 10.9. The lowest BCUT2D eigenvalue weighted by Gasteiger charge is -2.36. The third-order valence-electron chi connectivity index (χ3n) is 6.13. The number of benzene rings is 2. The number of aryl methyl sites for hydroxylation is 1. The van der Waals surface area contributed by atoms with Crippen LogP contribution in [0.1, 0.15) is 31.2 Å². The molecule has 0 heterocycles. The molecule has 8 nitrogen and oxygen atoms in total. The third-order valence-corrected chi connectivity index (χ3v) is 7.90. The summed E-state index contributed by atoms with van der Waals surface area (Å²) in [4.78, 5) is 14.7. The normalized spacial score (nSPS) is 18.5. The SMILES string of the molecule is COc1ccc(S(=O)(=O)N(CC(=O)N(C)C2CCCCC2O)c2ccc(C)cc2)cc1OC. The number of hydrogen-bond acceptors (Lipinski definition) is 6. The van der Waals surface area contributed by atoms with Gasteiger partial charge in [0, 0.05) is 13.1 Å². The van der Waals surface area contributed by atoms with Crippen LogP contribution in [0.25, 0.3) is 0 Å². The van der Waals surface area contributed by atoms with Crippen LogP contribution in [-0.4, -0.2) is 64.3 Å². The van der Waals surface area contributed by atoms with E-state index in [1.165, 1.54) is 37.3 Å². The fourth-order valence-corrected chi connectivity index (χ4v) is 5.52. The Bertz CT molecular complexity index is 1070. The van der Waals surface area contributed by atoms with Gasteiger partial charge in [0.2, 0.25) is 5.91 Å². The van der Waals surface area contributed by atoms with Gasteiger partial charge in [-0.3, -0.25) is 9.10 Å². The number of rotatable bonds is 8. The van der Waals surface area contributed by atoms with Gasteiger partial charge in [0.15, 0.2) is 11.5 Å². The van der Waals surface area contributed by atoms with Crippen LogP contribution >= 0.6 is 0 Å². The summed E-state index contributed by atoms with van der Waals surface area (Å²) in [5, 5.41) is 10.4. The Morgan fingerprint density at radius 2 is 1.67 bits per heavy atom. The third kappa shape index (κ3) is 5.42. The predicted octanol–water partition coefficient (Wildman–Crippen LogP) is 2.97. The van der Waals surface area contributed by atoms with Crippen molar-refractivity contribution in [1.82, 2.24) is 4.90 Å². The molecule has 2 atom stereocenters. The van der Waals surface area contributed by atoms with Gasteiger partial charge < -0.3 is 19.5 Å². The van der Waals surface area contributed by atoms with Crippen molar-refractivity contribution in [3.05, 3.63) is 48.0 Å². The Morgan fingerprint density at radius 1 is 1.03 bits per heavy atom. The van der Waals surface area contributed by atoms with Gasteiger partial charge in [-0.25, -0.2) is 8.42 Å². The van der Waals surface area contributed by atoms with Crippen molar-refractivity contribution < 1.29 is 27.8 Å². The van der Waals surface area contributed by atoms with Crippen LogP contribution in [0.2, 0.25) is 0 Å². The molecule has 1 saturated carbocycles. The fourth-order valence-electron chi connectivity index (χ4n) is 4.09. The zero-order valence-corrected chi connectivity index (χ0v) is 20.3. The molecule has 33 heavy (non-hydrogen) atoms. The van der Waals surface area contributed by atoms with E-state index in [9.17, 15) is 18.3 Å². The second-order valence-corrected chi connectivity index (χ2v) is 10.2. The van der Waals surface area contributed by atoms with E-state index in [4.69, 9.17) is 9.47 Å². The molecule has 180 valence electrons. The molecule has 0 bridgehead atoms. The van der Waals surface area contributed by atoms with E-state index in [0.29, 0.717) is 24.3 Å². The summed E-state index contributed by atoms with van der Waals surface area (Å²) in [5.74, 6) is 0.294. The minimum atomic E-state index is -4.11. The Hall–Kier alpha value is -2.78. The summed E-state index contributed by atoms with van der Waals surface area (Å²) in [6.45, 7) is 1.51. The maximum atomic E-state index is 13.7. The molecule has 0 saturated heterocycles. The maximum Gasteiger partial charge on any atom is 0.264 e. The molecule has 0 aliphatic heterocycles. The minimum absolute atomic E-state index is 0.0196. The number of carbonyl (C=O) groups is 1. The zero-order chi connectivity index (χ0) is 24.2. The highest BCUT2D eigenvalue weighted by molar-refractivity contribution is 7.92. The first kappa shape index (κ1) is 24.9. The zero-order valence-electron chi connectivity index (χ0n) is 19.5. The second kappa shape index (κ2) is 10.4. The van der Waals surface area contributed by atoms with Crippen LogP contribution in [0.3, 0.4) is 0 Å². The average molecular weight is 477 g/mol. The molecule has 1 aliphatic rings. The monoisotopic (exact) mass is 476 g/mol. The fraction of sp³-hybridized carbons (Fsp3) is 0.458. The summed E-state index contributed by atoms with van der Waals surface area (Å²) in [6.07, 6.45) is 2.56. The van der Waals surface area contributed by atoms with Crippen molar-refractivity contribution in [1.29, 1.82) is 0 Å². The molecule has 1 aliphatic carbocycles. The minimum Gasteiger partial charge on any atom is -0.493 e. The quantitative estimate of drug-likeness (QED) is 0.629. The molecule has 0 radical (unpaired) electrons. The lowest BCUT2D eigenvalue weighted by atomic mass is 9.91. The number of ether oxygens (including phenoxy) is 2. The van der Waals surface area contributed by atoms with Crippen molar-refractivity contribution in [3.63, 3.8) is 0 Å². The van der Waals surface area contributed by atoms with Gasteiger partial charge in [-0.05, 0) is 44.0 Å². The highest BCUT2D eigenvalue weighted by Crippen LogP contribution is 2.32. The molecular formula is C24H32N2O6S. The molecule has 0 spiro atoms. The highest BCUT2D eigenvalue weighted by Gasteiger charge is 2.33. The van der Waals surface area contributed by atoms with Crippen molar-refractivity contribution in [3.8, 4) is 11.5 Å². The van der Waals surface area contributed by atoms with Gasteiger partial charge in [0.1, 0.15) is 6.54 Å². The van der Waals surface area contributed by atoms with Crippen molar-refractivity contribution in [2.75, 3.05) is 32.1 Å². The van der Waals surface area contributed by atoms with E-state index in [0.717, 1.165) is 22.7 Å². The number of sulfonamides is 1. The van der Waals surface area contributed by atoms with E-state index in [-0.39, 0.29) is 29.1 Å². The molecule has 0 aromatic heterocycles. The lowest BCUT2D eigenvalue weighted by molar-refractivity contribution is -0.133. The Labute approximate surface area is 195 Å². The number of aliphatic hydroxyl groups excluding tert-OH is 1. The summed E-state index contributed by atoms with van der Waals surface area (Å²) in [5.41, 5.74) is 1.34. The van der Waals surface area contributed by atoms with Crippen LogP contribution in [0.15, 0.2) is 47.4 Å². The van der Waals surface area contributed by atoms with Gasteiger partial charge in [-0.15, -0.1) is 0 Å². The molecule has 3 rings (SSSR count). The maximum absolute atomic E-state index is 13.7. The van der Waals surface area contributed by atoms with E-state index >= 15 is 0 Å². The van der Waals surface area contributed by atoms with Crippen LogP contribution in [0.5, 0.6) is 11.5 Å². The summed E-state index contributed by atoms with van der Waals surface area (Å²) in [6, 6.07) is 11.0. The van der Waals surface area contributed by atoms with E-state index in [1.54, 1.807) is 31.3 Å². The number of amides is 1. The van der Waals surface area contributed by atoms with E-state index in [1.807, 2.05) is 6.92 Å². The lowest BCUT2D eigenvalue weighted by Crippen LogP contribution is -2.50. The summed E-state index contributed by atoms with van der Waals surface area (Å²) >= 11 is 0. The number of likely N-dealkylation sites (N-methyl/N-ethyl adjacent to an activating group) is 1. The molecule has 1 N–H and O–H groups in total. The van der Waals surface area contributed by atoms with Gasteiger partial charge in [-0.2, -0.15) is 0 Å². The Morgan fingerprint density at radius 3 is 2.27 bits per heavy atom. The summed E-state index contributed by atoms with van der Waals surface area (Å²) in [7, 11) is 0.415. The molecular weight excluding hydrogens is 444 g/mol. The highest BCUT2D eigenvalue weighted by atomic mass is 32.2. The van der Waals surface area contributed by atoms with Gasteiger partial charge >= 0.3 is 0 Å². The molecule has 1 fully saturated rings. The topological polar surface area (TPSA) is 96.4 Å². The van der Waals surface area contributed by atoms with Gasteiger partial charge in [0.05, 0.1) is 36.9 Å². The predicted molar refractivity (Wildman–Crippen MR) is 126 cm³/mol. The number of carbonyl (C=O) groups excluding carboxylic acids is 1. The number of anilines is 1. The Balaban J connectivity index is 1.97. The standard InChI is InChI=1S/C24H32N2O6S/c1-17-9-11-18(12-10-17)26(16-24(28)25(2)20-7-5-6-8-21(20)27)33(29,30)19-13-14-22(31-3)23(15-19)32-4/h9-15,20-21,27H,5-8,16H2,1-4H3. The molecule has 1 amide bonds. The number of nitrogens with zero attached hydrogens (tertiary/aromatic N) is 2. The van der Waals surface area contributed by atoms with E-state index < -0.39 is 16.1 Å². The van der Waals surface area contributed by atoms with Crippen LogP contribution in [0, 0.1) is 6.92 Å². The average Bonchev–Trinajstić information content (AvgIpc) is 2.82. The van der Waals surface area contributed by atoms with Crippen molar-refractivity contribution in [2.24, 2.45) is 0 Å². The first-order valence-corrected chi connectivity index (χ1v) is 12.4. The number of aliphatic hydroxyl groups is 1. The van der Waals surface area contributed by atoms with Crippen molar-refractivity contribution in [2.45, 2.75) is 49.6 Å². The van der Waals surface area contributed by atoms with Crippen LogP contribution in [0.4, 0.5) is 5.69 Å². The molecule has 2 aromatic rings. The number of hydrogen-bond donors (Lipinski definition) is 1. The van der Waals surface area contributed by atoms with Gasteiger partial charge in [0.25, 0.3) is 10.0 Å². The van der Waals surface area contributed by atoms with E-state index in [2.05, 4.69) is 0 Å². The molecule has 9 heteroatoms. The van der Waals surface area contributed by atoms with Gasteiger partial charge in [-0.1, -0.05) is 30.5 Å². The Kier molecular flexibility index (Phi) is 7.86. The molecule has 2 aromatic carbocycles. The largest absolute Gasteiger partial charge is 0.493 e. The second-order valence-electron chi connectivity index (χ2n) is 8.29. The molecule has 2 unspecified atom stereocenters. The van der Waals surface area contributed by atoms with Crippen molar-refractivity contribution >= 4 is 21.6 Å². The van der Waals surface area contributed by atoms with Crippen LogP contribution < -0.4 is 13.8 Å². The first-order chi connectivity index (χ1) is 15.7. The smallest absolute Gasteiger partial charge is 0.264 e. The van der Waals surface area contributed by atoms with Crippen LogP contribution in [-0.2, 0) is 14.8 Å². The summed E-state index contributed by atoms with van der Waals surface area (Å²) < 4.78 is 39.0.